The van der Waals surface area contributed by atoms with E-state index in [4.69, 9.17) is 16.0 Å². The van der Waals surface area contributed by atoms with Gasteiger partial charge in [0.05, 0.1) is 12.9 Å². The number of aromatic nitrogens is 1. The number of rotatable bonds is 6. The standard InChI is InChI=1S/C20H23N5O/c1-4-19(26-3)13(2)12-25-17-8-6-5-7-15(17)16-11-14(9-10-18(16)25)20(21)23-24-22/h5-11H,4,12H2,1-3H3,(H3,21,22,23)/b19-13-. The summed E-state index contributed by atoms with van der Waals surface area (Å²) >= 11 is 0. The predicted molar refractivity (Wildman–Crippen MR) is 105 cm³/mol. The highest BCUT2D eigenvalue weighted by Gasteiger charge is 2.13. The van der Waals surface area contributed by atoms with Crippen LogP contribution in [0.2, 0.25) is 0 Å². The van der Waals surface area contributed by atoms with Gasteiger partial charge in [-0.05, 0) is 36.8 Å². The number of methoxy groups -OCH3 is 1. The quantitative estimate of drug-likeness (QED) is 0.220. The fourth-order valence-electron chi connectivity index (χ4n) is 3.44. The van der Waals surface area contributed by atoms with Gasteiger partial charge in [-0.3, -0.25) is 0 Å². The van der Waals surface area contributed by atoms with Gasteiger partial charge in [-0.1, -0.05) is 30.3 Å². The minimum Gasteiger partial charge on any atom is -0.501 e. The van der Waals surface area contributed by atoms with E-state index in [9.17, 15) is 0 Å². The summed E-state index contributed by atoms with van der Waals surface area (Å²) in [7, 11) is 1.72. The third-order valence-corrected chi connectivity index (χ3v) is 4.66. The molecular formula is C20H23N5O. The summed E-state index contributed by atoms with van der Waals surface area (Å²) < 4.78 is 7.81. The van der Waals surface area contributed by atoms with Gasteiger partial charge in [-0.25, -0.2) is 0 Å². The first-order valence-electron chi connectivity index (χ1n) is 8.54. The Morgan fingerprint density at radius 2 is 1.88 bits per heavy atom. The van der Waals surface area contributed by atoms with E-state index < -0.39 is 0 Å². The molecule has 0 radical (unpaired) electrons. The lowest BCUT2D eigenvalue weighted by Crippen LogP contribution is -2.12. The van der Waals surface area contributed by atoms with Gasteiger partial charge in [0.2, 0.25) is 0 Å². The Morgan fingerprint density at radius 3 is 2.58 bits per heavy atom. The number of fused-ring (bicyclic) bond motifs is 3. The molecule has 0 saturated carbocycles. The summed E-state index contributed by atoms with van der Waals surface area (Å²) in [4.78, 5) is 0. The third kappa shape index (κ3) is 3.06. The highest BCUT2D eigenvalue weighted by Crippen LogP contribution is 2.31. The molecule has 0 aliphatic heterocycles. The normalized spacial score (nSPS) is 13.1. The first kappa shape index (κ1) is 17.7. The third-order valence-electron chi connectivity index (χ3n) is 4.66. The SMILES string of the molecule is CC/C(OC)=C(\C)Cn1c2ccccc2c2cc(C(N)=NN=N)ccc21. The molecule has 6 heteroatoms. The van der Waals surface area contributed by atoms with E-state index in [2.05, 4.69) is 40.9 Å². The molecule has 1 aromatic heterocycles. The van der Waals surface area contributed by atoms with E-state index in [1.165, 1.54) is 5.57 Å². The van der Waals surface area contributed by atoms with Crippen LogP contribution in [0, 0.1) is 5.53 Å². The molecule has 0 spiro atoms. The molecule has 3 rings (SSSR count). The molecule has 26 heavy (non-hydrogen) atoms. The molecule has 1 heterocycles. The molecule has 0 fully saturated rings. The van der Waals surface area contributed by atoms with Gasteiger partial charge in [0.1, 0.15) is 0 Å². The Hall–Kier alpha value is -3.15. The van der Waals surface area contributed by atoms with Crippen molar-refractivity contribution in [2.75, 3.05) is 7.11 Å². The predicted octanol–water partition coefficient (Wildman–Crippen LogP) is 4.78. The summed E-state index contributed by atoms with van der Waals surface area (Å²) in [5, 5.41) is 8.92. The molecule has 0 aliphatic rings. The van der Waals surface area contributed by atoms with Gasteiger partial charge in [0, 0.05) is 40.3 Å². The number of allylic oxidation sites excluding steroid dienone is 2. The maximum Gasteiger partial charge on any atom is 0.155 e. The van der Waals surface area contributed by atoms with Crippen molar-refractivity contribution in [3.05, 3.63) is 59.4 Å². The largest absolute Gasteiger partial charge is 0.501 e. The van der Waals surface area contributed by atoms with E-state index in [-0.39, 0.29) is 5.84 Å². The van der Waals surface area contributed by atoms with Gasteiger partial charge in [0.25, 0.3) is 0 Å². The van der Waals surface area contributed by atoms with Crippen molar-refractivity contribution in [3.8, 4) is 0 Å². The lowest BCUT2D eigenvalue weighted by Gasteiger charge is -2.12. The van der Waals surface area contributed by atoms with Crippen LogP contribution in [-0.2, 0) is 11.3 Å². The molecular weight excluding hydrogens is 326 g/mol. The second kappa shape index (κ2) is 7.39. The van der Waals surface area contributed by atoms with Crippen LogP contribution in [0.4, 0.5) is 0 Å². The summed E-state index contributed by atoms with van der Waals surface area (Å²) in [5.74, 6) is 1.25. The van der Waals surface area contributed by atoms with Gasteiger partial charge >= 0.3 is 0 Å². The number of benzene rings is 2. The van der Waals surface area contributed by atoms with Crippen molar-refractivity contribution in [2.24, 2.45) is 16.1 Å². The van der Waals surface area contributed by atoms with Gasteiger partial charge in [-0.2, -0.15) is 5.53 Å². The smallest absolute Gasteiger partial charge is 0.155 e. The number of ether oxygens (including phenoxy) is 1. The van der Waals surface area contributed by atoms with E-state index in [0.29, 0.717) is 0 Å². The van der Waals surface area contributed by atoms with Crippen molar-refractivity contribution in [2.45, 2.75) is 26.8 Å². The average molecular weight is 349 g/mol. The molecule has 0 aliphatic carbocycles. The van der Waals surface area contributed by atoms with Crippen LogP contribution in [0.1, 0.15) is 25.8 Å². The fourth-order valence-corrected chi connectivity index (χ4v) is 3.44. The molecule has 3 N–H and O–H groups in total. The van der Waals surface area contributed by atoms with Crippen LogP contribution in [0.5, 0.6) is 0 Å². The number of nitrogens with two attached hydrogens (primary N) is 1. The molecule has 0 unspecified atom stereocenters. The summed E-state index contributed by atoms with van der Waals surface area (Å²) in [6.07, 6.45) is 0.868. The van der Waals surface area contributed by atoms with Crippen LogP contribution in [0.15, 0.2) is 64.1 Å². The second-order valence-electron chi connectivity index (χ2n) is 6.18. The van der Waals surface area contributed by atoms with Crippen LogP contribution in [0.25, 0.3) is 21.8 Å². The minimum atomic E-state index is 0.238. The molecule has 6 nitrogen and oxygen atoms in total. The van der Waals surface area contributed by atoms with E-state index in [1.54, 1.807) is 7.11 Å². The summed E-state index contributed by atoms with van der Waals surface area (Å²) in [5.41, 5.74) is 17.0. The molecule has 0 saturated heterocycles. The van der Waals surface area contributed by atoms with Gasteiger partial charge in [-0.15, -0.1) is 5.10 Å². The number of nitrogens with one attached hydrogen (secondary N) is 1. The Balaban J connectivity index is 2.24. The maximum atomic E-state index is 6.87. The van der Waals surface area contributed by atoms with Crippen LogP contribution in [-0.4, -0.2) is 17.5 Å². The Bertz CT molecular complexity index is 1020. The van der Waals surface area contributed by atoms with Crippen molar-refractivity contribution >= 4 is 27.6 Å². The number of hydrogen-bond acceptors (Lipinski definition) is 3. The zero-order valence-corrected chi connectivity index (χ0v) is 15.3. The number of para-hydroxylation sites is 1. The van der Waals surface area contributed by atoms with E-state index in [1.807, 2.05) is 30.3 Å². The second-order valence-corrected chi connectivity index (χ2v) is 6.18. The van der Waals surface area contributed by atoms with Crippen LogP contribution in [0.3, 0.4) is 0 Å². The fraction of sp³-hybridized carbons (Fsp3) is 0.250. The van der Waals surface area contributed by atoms with E-state index in [0.717, 1.165) is 46.1 Å². The average Bonchev–Trinajstić information content (AvgIpc) is 2.96. The summed E-state index contributed by atoms with van der Waals surface area (Å²) in [6, 6.07) is 14.3. The van der Waals surface area contributed by atoms with Crippen molar-refractivity contribution in [1.29, 1.82) is 5.53 Å². The molecule has 3 aromatic rings. The zero-order chi connectivity index (χ0) is 18.7. The van der Waals surface area contributed by atoms with Crippen LogP contribution >= 0.6 is 0 Å². The first-order valence-corrected chi connectivity index (χ1v) is 8.54. The van der Waals surface area contributed by atoms with Gasteiger partial charge in [0.15, 0.2) is 5.84 Å². The molecule has 134 valence electrons. The van der Waals surface area contributed by atoms with Crippen molar-refractivity contribution in [1.82, 2.24) is 4.57 Å². The number of amidine groups is 1. The molecule has 0 atom stereocenters. The molecule has 2 aromatic carbocycles. The Morgan fingerprint density at radius 1 is 1.15 bits per heavy atom. The van der Waals surface area contributed by atoms with Crippen molar-refractivity contribution in [3.63, 3.8) is 0 Å². The van der Waals surface area contributed by atoms with E-state index >= 15 is 0 Å². The molecule has 0 amide bonds. The van der Waals surface area contributed by atoms with Gasteiger partial charge < -0.3 is 15.0 Å². The summed E-state index contributed by atoms with van der Waals surface area (Å²) in [6.45, 7) is 4.96. The Kier molecular flexibility index (Phi) is 5.02. The lowest BCUT2D eigenvalue weighted by molar-refractivity contribution is 0.274. The highest BCUT2D eigenvalue weighted by atomic mass is 16.5. The number of hydrogen-bond donors (Lipinski definition) is 2. The molecule has 0 bridgehead atoms. The van der Waals surface area contributed by atoms with Crippen molar-refractivity contribution < 1.29 is 4.74 Å². The minimum absolute atomic E-state index is 0.238. The lowest BCUT2D eigenvalue weighted by atomic mass is 10.1. The monoisotopic (exact) mass is 349 g/mol. The van der Waals surface area contributed by atoms with Crippen LogP contribution < -0.4 is 5.73 Å². The Labute approximate surface area is 152 Å². The number of nitrogens with zero attached hydrogens (tertiary/aromatic N) is 3. The zero-order valence-electron chi connectivity index (χ0n) is 15.3. The first-order chi connectivity index (χ1) is 12.6. The maximum absolute atomic E-state index is 6.87. The topological polar surface area (TPSA) is 88.8 Å². The highest BCUT2D eigenvalue weighted by molar-refractivity contribution is 6.11.